The molecule has 106 valence electrons. The second kappa shape index (κ2) is 8.37. The number of guanidine groups is 1. The van der Waals surface area contributed by atoms with E-state index in [0.717, 1.165) is 39.3 Å². The molecule has 0 bridgehead atoms. The van der Waals surface area contributed by atoms with E-state index in [0.29, 0.717) is 5.96 Å². The molecule has 1 aromatic rings. The van der Waals surface area contributed by atoms with Gasteiger partial charge in [-0.15, -0.1) is 24.0 Å². The lowest BCUT2D eigenvalue weighted by atomic mass is 10.1. The lowest BCUT2D eigenvalue weighted by molar-refractivity contribution is 0.0674. The Morgan fingerprint density at radius 3 is 2.79 bits per heavy atom. The van der Waals surface area contributed by atoms with Crippen molar-refractivity contribution in [3.63, 3.8) is 0 Å². The van der Waals surface area contributed by atoms with E-state index in [-0.39, 0.29) is 24.0 Å². The van der Waals surface area contributed by atoms with E-state index in [2.05, 4.69) is 41.1 Å². The van der Waals surface area contributed by atoms with Crippen LogP contribution in [0, 0.1) is 6.92 Å². The third-order valence-electron chi connectivity index (χ3n) is 3.09. The first-order valence-corrected chi connectivity index (χ1v) is 6.44. The summed E-state index contributed by atoms with van der Waals surface area (Å²) in [6.07, 6.45) is 0.937. The molecule has 2 N–H and O–H groups in total. The van der Waals surface area contributed by atoms with Gasteiger partial charge in [0, 0.05) is 19.6 Å². The number of halogens is 1. The van der Waals surface area contributed by atoms with Gasteiger partial charge in [0.25, 0.3) is 0 Å². The molecule has 4 nitrogen and oxygen atoms in total. The minimum atomic E-state index is 0. The minimum Gasteiger partial charge on any atom is -0.378 e. The van der Waals surface area contributed by atoms with Crippen molar-refractivity contribution in [1.29, 1.82) is 0 Å². The molecule has 0 aromatic heterocycles. The number of nitrogens with zero attached hydrogens (tertiary/aromatic N) is 2. The number of aryl methyl sites for hydroxylation is 1. The fourth-order valence-electron chi connectivity index (χ4n) is 2.06. The van der Waals surface area contributed by atoms with Crippen LogP contribution in [0.1, 0.15) is 11.1 Å². The van der Waals surface area contributed by atoms with Crippen LogP contribution in [0.3, 0.4) is 0 Å². The van der Waals surface area contributed by atoms with Crippen molar-refractivity contribution in [2.45, 2.75) is 13.3 Å². The van der Waals surface area contributed by atoms with E-state index >= 15 is 0 Å². The number of hydrogen-bond donors (Lipinski definition) is 1. The van der Waals surface area contributed by atoms with E-state index in [1.807, 2.05) is 0 Å². The number of morpholine rings is 1. The second-order valence-electron chi connectivity index (χ2n) is 4.58. The lowest BCUT2D eigenvalue weighted by Gasteiger charge is -2.27. The van der Waals surface area contributed by atoms with Crippen molar-refractivity contribution in [1.82, 2.24) is 4.90 Å². The third-order valence-corrected chi connectivity index (χ3v) is 3.09. The van der Waals surface area contributed by atoms with Crippen LogP contribution >= 0.6 is 24.0 Å². The number of aliphatic imine (C=N–C) groups is 1. The smallest absolute Gasteiger partial charge is 0.191 e. The van der Waals surface area contributed by atoms with Crippen LogP contribution in [0.25, 0.3) is 0 Å². The summed E-state index contributed by atoms with van der Waals surface area (Å²) in [5.41, 5.74) is 8.57. The molecular weight excluding hydrogens is 353 g/mol. The van der Waals surface area contributed by atoms with Gasteiger partial charge in [-0.1, -0.05) is 29.8 Å². The molecule has 0 atom stereocenters. The number of benzene rings is 1. The molecule has 1 aromatic carbocycles. The summed E-state index contributed by atoms with van der Waals surface area (Å²) in [4.78, 5) is 6.52. The highest BCUT2D eigenvalue weighted by Gasteiger charge is 2.11. The Bertz CT molecular complexity index is 417. The lowest BCUT2D eigenvalue weighted by Crippen LogP contribution is -2.44. The Morgan fingerprint density at radius 1 is 1.37 bits per heavy atom. The summed E-state index contributed by atoms with van der Waals surface area (Å²) in [6.45, 7) is 6.03. The van der Waals surface area contributed by atoms with Gasteiger partial charge < -0.3 is 15.4 Å². The highest BCUT2D eigenvalue weighted by molar-refractivity contribution is 14.0. The van der Waals surface area contributed by atoms with Crippen LogP contribution in [0.5, 0.6) is 0 Å². The van der Waals surface area contributed by atoms with Gasteiger partial charge in [0.15, 0.2) is 5.96 Å². The average molecular weight is 375 g/mol. The summed E-state index contributed by atoms with van der Waals surface area (Å²) in [6, 6.07) is 8.52. The van der Waals surface area contributed by atoms with Crippen LogP contribution in [-0.4, -0.2) is 43.7 Å². The number of hydrogen-bond acceptors (Lipinski definition) is 2. The van der Waals surface area contributed by atoms with E-state index in [1.54, 1.807) is 0 Å². The fourth-order valence-corrected chi connectivity index (χ4v) is 2.06. The average Bonchev–Trinajstić information content (AvgIpc) is 2.40. The zero-order valence-electron chi connectivity index (χ0n) is 11.3. The van der Waals surface area contributed by atoms with E-state index in [4.69, 9.17) is 10.5 Å². The summed E-state index contributed by atoms with van der Waals surface area (Å²) >= 11 is 0. The van der Waals surface area contributed by atoms with Gasteiger partial charge in [-0.05, 0) is 18.9 Å². The minimum absolute atomic E-state index is 0. The topological polar surface area (TPSA) is 50.8 Å². The van der Waals surface area contributed by atoms with Gasteiger partial charge in [-0.3, -0.25) is 4.99 Å². The Hall–Kier alpha value is -0.820. The predicted molar refractivity (Wildman–Crippen MR) is 89.2 cm³/mol. The van der Waals surface area contributed by atoms with Gasteiger partial charge >= 0.3 is 0 Å². The van der Waals surface area contributed by atoms with Gasteiger partial charge in [0.05, 0.1) is 13.2 Å². The van der Waals surface area contributed by atoms with Crippen molar-refractivity contribution >= 4 is 29.9 Å². The largest absolute Gasteiger partial charge is 0.378 e. The van der Waals surface area contributed by atoms with Crippen LogP contribution in [0.2, 0.25) is 0 Å². The molecule has 1 saturated heterocycles. The van der Waals surface area contributed by atoms with Crippen LogP contribution in [0.15, 0.2) is 29.3 Å². The second-order valence-corrected chi connectivity index (χ2v) is 4.58. The molecule has 0 saturated carbocycles. The highest BCUT2D eigenvalue weighted by atomic mass is 127. The van der Waals surface area contributed by atoms with Crippen LogP contribution < -0.4 is 5.73 Å². The quantitative estimate of drug-likeness (QED) is 0.498. The van der Waals surface area contributed by atoms with Gasteiger partial charge in [-0.25, -0.2) is 0 Å². The molecule has 0 unspecified atom stereocenters. The maximum absolute atomic E-state index is 5.96. The zero-order chi connectivity index (χ0) is 12.8. The molecule has 1 aliphatic heterocycles. The van der Waals surface area contributed by atoms with Crippen molar-refractivity contribution < 1.29 is 4.74 Å². The Kier molecular flexibility index (Phi) is 7.15. The molecule has 2 rings (SSSR count). The monoisotopic (exact) mass is 375 g/mol. The summed E-state index contributed by atoms with van der Waals surface area (Å²) < 4.78 is 5.28. The van der Waals surface area contributed by atoms with E-state index < -0.39 is 0 Å². The maximum Gasteiger partial charge on any atom is 0.191 e. The maximum atomic E-state index is 5.96. The molecule has 1 fully saturated rings. The number of rotatable bonds is 3. The summed E-state index contributed by atoms with van der Waals surface area (Å²) in [5, 5.41) is 0. The molecule has 1 aliphatic rings. The van der Waals surface area contributed by atoms with E-state index in [9.17, 15) is 0 Å². The first-order chi connectivity index (χ1) is 8.75. The molecule has 0 radical (unpaired) electrons. The molecule has 19 heavy (non-hydrogen) atoms. The van der Waals surface area contributed by atoms with Crippen LogP contribution in [0.4, 0.5) is 0 Å². The Balaban J connectivity index is 0.00000180. The molecule has 5 heteroatoms. The highest BCUT2D eigenvalue weighted by Crippen LogP contribution is 2.05. The summed E-state index contributed by atoms with van der Waals surface area (Å²) in [5.74, 6) is 0.644. The fraction of sp³-hybridized carbons (Fsp3) is 0.500. The third kappa shape index (κ3) is 5.36. The molecular formula is C14H22IN3O. The van der Waals surface area contributed by atoms with Crippen molar-refractivity contribution in [2.24, 2.45) is 10.7 Å². The van der Waals surface area contributed by atoms with Gasteiger partial charge in [-0.2, -0.15) is 0 Å². The SMILES string of the molecule is Cc1cccc(CCN=C(N)N2CCOCC2)c1.I. The normalized spacial score (nSPS) is 16.1. The van der Waals surface area contributed by atoms with Gasteiger partial charge in [0.2, 0.25) is 0 Å². The standard InChI is InChI=1S/C14H21N3O.HI/c1-12-3-2-4-13(11-12)5-6-16-14(15)17-7-9-18-10-8-17;/h2-4,11H,5-10H2,1H3,(H2,15,16);1H. The molecule has 0 amide bonds. The molecule has 0 aliphatic carbocycles. The number of ether oxygens (including phenoxy) is 1. The molecule has 1 heterocycles. The van der Waals surface area contributed by atoms with Gasteiger partial charge in [0.1, 0.15) is 0 Å². The van der Waals surface area contributed by atoms with Crippen molar-refractivity contribution in [3.8, 4) is 0 Å². The van der Waals surface area contributed by atoms with Crippen LogP contribution in [-0.2, 0) is 11.2 Å². The zero-order valence-corrected chi connectivity index (χ0v) is 13.7. The Morgan fingerprint density at radius 2 is 2.11 bits per heavy atom. The predicted octanol–water partition coefficient (Wildman–Crippen LogP) is 1.80. The summed E-state index contributed by atoms with van der Waals surface area (Å²) in [7, 11) is 0. The van der Waals surface area contributed by atoms with Crippen molar-refractivity contribution in [3.05, 3.63) is 35.4 Å². The Labute approximate surface area is 132 Å². The first-order valence-electron chi connectivity index (χ1n) is 6.44. The first kappa shape index (κ1) is 16.2. The molecule has 0 spiro atoms. The van der Waals surface area contributed by atoms with E-state index in [1.165, 1.54) is 11.1 Å². The van der Waals surface area contributed by atoms with Crippen molar-refractivity contribution in [2.75, 3.05) is 32.8 Å². The number of nitrogens with two attached hydrogens (primary N) is 1.